The van der Waals surface area contributed by atoms with E-state index in [0.29, 0.717) is 17.6 Å². The first-order valence-electron chi connectivity index (χ1n) is 8.09. The number of hydrogen-bond acceptors (Lipinski definition) is 2. The fourth-order valence-corrected chi connectivity index (χ4v) is 5.54. The first-order chi connectivity index (χ1) is 9.59. The zero-order valence-electron chi connectivity index (χ0n) is 13.2. The number of benzene rings is 1. The van der Waals surface area contributed by atoms with Crippen molar-refractivity contribution < 1.29 is 10.2 Å². The molecule has 0 heterocycles. The predicted molar refractivity (Wildman–Crippen MR) is 84.5 cm³/mol. The van der Waals surface area contributed by atoms with E-state index in [1.807, 2.05) is 12.1 Å². The van der Waals surface area contributed by atoms with E-state index in [4.69, 9.17) is 0 Å². The fraction of sp³-hybridized carbons (Fsp3) is 0.667. The van der Waals surface area contributed by atoms with Gasteiger partial charge in [0.15, 0.2) is 0 Å². The van der Waals surface area contributed by atoms with Crippen molar-refractivity contribution in [1.82, 2.24) is 0 Å². The average Bonchev–Trinajstić information content (AvgIpc) is 2.74. The Kier molecular flexibility index (Phi) is 4.20. The summed E-state index contributed by atoms with van der Waals surface area (Å²) >= 11 is 0. The van der Waals surface area contributed by atoms with Crippen LogP contribution in [0.15, 0.2) is 18.2 Å². The summed E-state index contributed by atoms with van der Waals surface area (Å²) in [5.74, 6) is 2.49. The third kappa shape index (κ3) is 2.30. The van der Waals surface area contributed by atoms with Crippen LogP contribution < -0.4 is 0 Å². The Balaban J connectivity index is 0.00000132. The van der Waals surface area contributed by atoms with Gasteiger partial charge in [-0.25, -0.2) is 0 Å². The molecule has 4 rings (SSSR count). The summed E-state index contributed by atoms with van der Waals surface area (Å²) in [4.78, 5) is 0. The predicted octanol–water partition coefficient (Wildman–Crippen LogP) is 3.23. The molecule has 5 atom stereocenters. The van der Waals surface area contributed by atoms with Gasteiger partial charge in [-0.2, -0.15) is 0 Å². The number of hydrogen-bond donors (Lipinski definition) is 2. The first kappa shape index (κ1) is 15.9. The van der Waals surface area contributed by atoms with Crippen molar-refractivity contribution in [1.29, 1.82) is 0 Å². The van der Waals surface area contributed by atoms with E-state index in [1.165, 1.54) is 30.4 Å². The van der Waals surface area contributed by atoms with Crippen molar-refractivity contribution in [3.8, 4) is 5.75 Å². The first-order valence-corrected chi connectivity index (χ1v) is 8.09. The van der Waals surface area contributed by atoms with E-state index in [1.54, 1.807) is 0 Å². The van der Waals surface area contributed by atoms with Crippen molar-refractivity contribution in [3.63, 3.8) is 0 Å². The zero-order chi connectivity index (χ0) is 13.9. The third-order valence-electron chi connectivity index (χ3n) is 6.66. The Labute approximate surface area is 149 Å². The minimum atomic E-state index is -0.0883. The molecule has 0 bridgehead atoms. The number of phenols is 1. The minimum absolute atomic E-state index is 0. The maximum Gasteiger partial charge on any atom is 0.115 e. The van der Waals surface area contributed by atoms with E-state index in [0.717, 1.165) is 25.2 Å². The van der Waals surface area contributed by atoms with Gasteiger partial charge in [-0.1, -0.05) is 13.0 Å². The van der Waals surface area contributed by atoms with Crippen LogP contribution in [0.2, 0.25) is 0 Å². The van der Waals surface area contributed by atoms with Gasteiger partial charge >= 0.3 is 0 Å². The van der Waals surface area contributed by atoms with Gasteiger partial charge in [-0.05, 0) is 85.0 Å². The molecule has 2 N–H and O–H groups in total. The molecule has 0 aliphatic heterocycles. The van der Waals surface area contributed by atoms with Crippen molar-refractivity contribution in [2.75, 3.05) is 0 Å². The SMILES string of the molecule is C[C@]12CC[C@@H]3c4ccc(O)cc4CC[C@H]3[C@@H]1CCC2O.[Na]. The topological polar surface area (TPSA) is 40.5 Å². The Hall–Kier alpha value is -0.0200. The molecule has 3 heteroatoms. The van der Waals surface area contributed by atoms with E-state index in [2.05, 4.69) is 13.0 Å². The van der Waals surface area contributed by atoms with Gasteiger partial charge < -0.3 is 10.2 Å². The Morgan fingerprint density at radius 2 is 1.95 bits per heavy atom. The molecule has 109 valence electrons. The molecule has 2 saturated carbocycles. The largest absolute Gasteiger partial charge is 0.508 e. The number of phenolic OH excluding ortho intramolecular Hbond substituents is 1. The minimum Gasteiger partial charge on any atom is -0.508 e. The molecule has 0 spiro atoms. The Morgan fingerprint density at radius 3 is 2.76 bits per heavy atom. The average molecular weight is 295 g/mol. The van der Waals surface area contributed by atoms with Crippen LogP contribution in [0.5, 0.6) is 5.75 Å². The summed E-state index contributed by atoms with van der Waals surface area (Å²) in [7, 11) is 0. The summed E-state index contributed by atoms with van der Waals surface area (Å²) in [5.41, 5.74) is 2.99. The van der Waals surface area contributed by atoms with E-state index in [9.17, 15) is 10.2 Å². The van der Waals surface area contributed by atoms with Crippen molar-refractivity contribution in [2.24, 2.45) is 17.3 Å². The molecular weight excluding hydrogens is 271 g/mol. The molecule has 2 nitrogen and oxygen atoms in total. The molecule has 1 aromatic carbocycles. The summed E-state index contributed by atoms with van der Waals surface area (Å²) in [5, 5.41) is 20.0. The number of fused-ring (bicyclic) bond motifs is 5. The van der Waals surface area contributed by atoms with E-state index >= 15 is 0 Å². The van der Waals surface area contributed by atoms with E-state index < -0.39 is 0 Å². The van der Waals surface area contributed by atoms with E-state index in [-0.39, 0.29) is 41.1 Å². The molecule has 3 aliphatic rings. The molecule has 0 amide bonds. The summed E-state index contributed by atoms with van der Waals surface area (Å²) in [6.07, 6.45) is 6.78. The molecule has 2 fully saturated rings. The third-order valence-corrected chi connectivity index (χ3v) is 6.66. The Bertz CT molecular complexity index is 544. The van der Waals surface area contributed by atoms with Crippen LogP contribution in [0, 0.1) is 17.3 Å². The summed E-state index contributed by atoms with van der Waals surface area (Å²) < 4.78 is 0. The quantitative estimate of drug-likeness (QED) is 0.721. The van der Waals surface area contributed by atoms with Gasteiger partial charge in [-0.3, -0.25) is 0 Å². The van der Waals surface area contributed by atoms with Crippen molar-refractivity contribution in [2.45, 2.75) is 57.5 Å². The van der Waals surface area contributed by atoms with Crippen LogP contribution >= 0.6 is 0 Å². The number of rotatable bonds is 0. The fourth-order valence-electron chi connectivity index (χ4n) is 5.54. The second-order valence-corrected chi connectivity index (χ2v) is 7.44. The van der Waals surface area contributed by atoms with Crippen molar-refractivity contribution >= 4 is 29.6 Å². The second-order valence-electron chi connectivity index (χ2n) is 7.44. The van der Waals surface area contributed by atoms with Crippen LogP contribution in [-0.2, 0) is 6.42 Å². The number of aryl methyl sites for hydroxylation is 1. The van der Waals surface area contributed by atoms with Gasteiger partial charge in [0.05, 0.1) is 6.10 Å². The zero-order valence-corrected chi connectivity index (χ0v) is 15.2. The van der Waals surface area contributed by atoms with Gasteiger partial charge in [0.2, 0.25) is 0 Å². The molecule has 1 radical (unpaired) electrons. The molecule has 21 heavy (non-hydrogen) atoms. The number of aliphatic hydroxyl groups excluding tert-OH is 1. The van der Waals surface area contributed by atoms with Crippen LogP contribution in [0.25, 0.3) is 0 Å². The summed E-state index contributed by atoms with van der Waals surface area (Å²) in [6, 6.07) is 5.96. The molecule has 0 aromatic heterocycles. The molecule has 1 unspecified atom stereocenters. The van der Waals surface area contributed by atoms with Gasteiger partial charge in [-0.15, -0.1) is 0 Å². The normalized spacial score (nSPS) is 40.7. The number of aliphatic hydroxyl groups is 1. The van der Waals surface area contributed by atoms with Crippen LogP contribution in [0.3, 0.4) is 0 Å². The van der Waals surface area contributed by atoms with Crippen LogP contribution in [0.4, 0.5) is 0 Å². The standard InChI is InChI=1S/C18H24O2.Na/c1-18-9-8-14-13-5-3-12(19)10-11(13)2-4-15(14)16(18)6-7-17(18)20;/h3,5,10,14-17,19-20H,2,4,6-9H2,1H3;/t14-,15-,16+,17?,18+;/m1./s1. The monoisotopic (exact) mass is 295 g/mol. The Morgan fingerprint density at radius 1 is 1.14 bits per heavy atom. The van der Waals surface area contributed by atoms with Crippen LogP contribution in [0.1, 0.15) is 56.1 Å². The number of aromatic hydroxyl groups is 1. The van der Waals surface area contributed by atoms with Gasteiger partial charge in [0, 0.05) is 29.6 Å². The van der Waals surface area contributed by atoms with Gasteiger partial charge in [0.1, 0.15) is 5.75 Å². The maximum absolute atomic E-state index is 10.4. The molecule has 1 aromatic rings. The van der Waals surface area contributed by atoms with Gasteiger partial charge in [0.25, 0.3) is 0 Å². The smallest absolute Gasteiger partial charge is 0.115 e. The van der Waals surface area contributed by atoms with Crippen LogP contribution in [-0.4, -0.2) is 45.9 Å². The molecule has 3 aliphatic carbocycles. The molecular formula is C18H24NaO2. The summed E-state index contributed by atoms with van der Waals surface area (Å²) in [6.45, 7) is 2.32. The van der Waals surface area contributed by atoms with Crippen molar-refractivity contribution in [3.05, 3.63) is 29.3 Å². The molecule has 0 saturated heterocycles. The maximum atomic E-state index is 10.4. The second kappa shape index (κ2) is 5.56.